The first kappa shape index (κ1) is 21.5. The molecule has 158 valence electrons. The van der Waals surface area contributed by atoms with Crippen LogP contribution in [0.1, 0.15) is 67.8 Å². The Bertz CT molecular complexity index is 730. The van der Waals surface area contributed by atoms with Crippen molar-refractivity contribution < 1.29 is 18.9 Å². The van der Waals surface area contributed by atoms with Crippen LogP contribution in [0.4, 0.5) is 4.79 Å². The molecule has 2 aliphatic rings. The summed E-state index contributed by atoms with van der Waals surface area (Å²) in [4.78, 5) is 41.7. The van der Waals surface area contributed by atoms with E-state index in [9.17, 15) is 14.4 Å². The number of carbonyl (C=O) groups excluding carboxylic acids is 3. The zero-order valence-electron chi connectivity index (χ0n) is 17.9. The van der Waals surface area contributed by atoms with Gasteiger partial charge in [0.2, 0.25) is 0 Å². The van der Waals surface area contributed by atoms with E-state index >= 15 is 0 Å². The highest BCUT2D eigenvalue weighted by Gasteiger charge is 2.45. The average Bonchev–Trinajstić information content (AvgIpc) is 3.03. The number of hydrogen-bond donors (Lipinski definition) is 0. The third kappa shape index (κ3) is 4.86. The van der Waals surface area contributed by atoms with Crippen LogP contribution in [0.15, 0.2) is 24.3 Å². The minimum absolute atomic E-state index is 0.0674. The average molecular weight is 401 g/mol. The monoisotopic (exact) mass is 400 g/mol. The quantitative estimate of drug-likeness (QED) is 0.725. The predicted octanol–water partition coefficient (Wildman–Crippen LogP) is 3.80. The van der Waals surface area contributed by atoms with E-state index < -0.39 is 0 Å². The molecular weight excluding hydrogens is 366 g/mol. The fraction of sp³-hybridized carbons (Fsp3) is 0.609. The van der Waals surface area contributed by atoms with E-state index in [0.29, 0.717) is 25.2 Å². The van der Waals surface area contributed by atoms with Crippen LogP contribution >= 0.6 is 0 Å². The fourth-order valence-corrected chi connectivity index (χ4v) is 4.57. The van der Waals surface area contributed by atoms with Gasteiger partial charge < -0.3 is 4.90 Å². The molecular formula is C23H34N3O3+. The summed E-state index contributed by atoms with van der Waals surface area (Å²) in [6.07, 6.45) is 7.45. The lowest BCUT2D eigenvalue weighted by molar-refractivity contribution is -0.783. The highest BCUT2D eigenvalue weighted by molar-refractivity contribution is 5.94. The van der Waals surface area contributed by atoms with Crippen molar-refractivity contribution in [3.8, 4) is 0 Å². The first-order chi connectivity index (χ1) is 13.9. The van der Waals surface area contributed by atoms with E-state index in [0.717, 1.165) is 50.8 Å². The van der Waals surface area contributed by atoms with Gasteiger partial charge in [0.05, 0.1) is 26.6 Å². The highest BCUT2D eigenvalue weighted by atomic mass is 16.2. The second-order valence-corrected chi connectivity index (χ2v) is 8.54. The van der Waals surface area contributed by atoms with Crippen LogP contribution in [0.5, 0.6) is 0 Å². The molecule has 3 rings (SSSR count). The molecule has 0 spiro atoms. The summed E-state index contributed by atoms with van der Waals surface area (Å²) >= 11 is 0. The highest BCUT2D eigenvalue weighted by Crippen LogP contribution is 2.23. The largest absolute Gasteiger partial charge is 0.426 e. The normalized spacial score (nSPS) is 19.3. The summed E-state index contributed by atoms with van der Waals surface area (Å²) in [6, 6.07) is 7.43. The second-order valence-electron chi connectivity index (χ2n) is 8.54. The van der Waals surface area contributed by atoms with Gasteiger partial charge in [0.15, 0.2) is 0 Å². The van der Waals surface area contributed by atoms with Crippen molar-refractivity contribution in [2.75, 3.05) is 33.2 Å². The van der Waals surface area contributed by atoms with Gasteiger partial charge in [0.1, 0.15) is 0 Å². The molecule has 0 atom stereocenters. The van der Waals surface area contributed by atoms with Crippen LogP contribution in [0.25, 0.3) is 0 Å². The Hall–Kier alpha value is -2.21. The van der Waals surface area contributed by atoms with Gasteiger partial charge in [-0.25, -0.2) is 9.59 Å². The molecule has 0 aromatic heterocycles. The van der Waals surface area contributed by atoms with Gasteiger partial charge in [-0.2, -0.15) is 4.48 Å². The zero-order valence-corrected chi connectivity index (χ0v) is 17.9. The maximum atomic E-state index is 13.1. The number of quaternary nitrogens is 1. The number of urea groups is 1. The molecule has 1 aromatic carbocycles. The van der Waals surface area contributed by atoms with E-state index in [2.05, 4.69) is 0 Å². The van der Waals surface area contributed by atoms with Gasteiger partial charge >= 0.3 is 11.9 Å². The molecule has 0 aliphatic carbocycles. The topological polar surface area (TPSA) is 57.7 Å². The Morgan fingerprint density at radius 2 is 1.45 bits per heavy atom. The Balaban J connectivity index is 1.64. The van der Waals surface area contributed by atoms with Gasteiger partial charge in [0.25, 0.3) is 5.91 Å². The summed E-state index contributed by atoms with van der Waals surface area (Å²) in [5.41, 5.74) is 1.67. The molecule has 0 unspecified atom stereocenters. The van der Waals surface area contributed by atoms with E-state index in [4.69, 9.17) is 0 Å². The SMILES string of the molecule is CC(=O)[N+]1(C(=O)N(C)Cc2ccc(C(=O)N3CCCCCC3)cc2)CCCCC1. The third-order valence-corrected chi connectivity index (χ3v) is 6.39. The summed E-state index contributed by atoms with van der Waals surface area (Å²) in [6.45, 7) is 4.83. The Labute approximate surface area is 174 Å². The van der Waals surface area contributed by atoms with Crippen LogP contribution in [-0.2, 0) is 11.3 Å². The smallest absolute Gasteiger partial charge is 0.339 e. The van der Waals surface area contributed by atoms with E-state index in [-0.39, 0.29) is 22.3 Å². The summed E-state index contributed by atoms with van der Waals surface area (Å²) in [5, 5.41) is 0. The van der Waals surface area contributed by atoms with Crippen molar-refractivity contribution in [1.29, 1.82) is 0 Å². The minimum atomic E-state index is -0.123. The standard InChI is InChI=1S/C23H34N3O3/c1-19(27)26(16-8-5-9-17-26)23(29)24(2)18-20-10-12-21(13-11-20)22(28)25-14-6-3-4-7-15-25/h10-13H,3-9,14-18H2,1-2H3/q+1. The number of carbonyl (C=O) groups is 3. The number of benzene rings is 1. The van der Waals surface area contributed by atoms with Gasteiger partial charge in [-0.1, -0.05) is 25.0 Å². The first-order valence-electron chi connectivity index (χ1n) is 11.0. The van der Waals surface area contributed by atoms with Crippen LogP contribution in [0, 0.1) is 0 Å². The van der Waals surface area contributed by atoms with E-state index in [1.165, 1.54) is 19.8 Å². The van der Waals surface area contributed by atoms with Crippen molar-refractivity contribution in [2.24, 2.45) is 0 Å². The second kappa shape index (κ2) is 9.53. The van der Waals surface area contributed by atoms with Crippen molar-refractivity contribution in [3.63, 3.8) is 0 Å². The molecule has 0 radical (unpaired) electrons. The van der Waals surface area contributed by atoms with Crippen molar-refractivity contribution in [1.82, 2.24) is 9.80 Å². The van der Waals surface area contributed by atoms with Gasteiger partial charge in [-0.3, -0.25) is 9.69 Å². The summed E-state index contributed by atoms with van der Waals surface area (Å²) in [5.74, 6) is 0.0252. The lowest BCUT2D eigenvalue weighted by Gasteiger charge is -2.37. The fourth-order valence-electron chi connectivity index (χ4n) is 4.57. The van der Waals surface area contributed by atoms with Crippen molar-refractivity contribution in [2.45, 2.75) is 58.4 Å². The number of likely N-dealkylation sites (tertiary alicyclic amines) is 2. The summed E-state index contributed by atoms with van der Waals surface area (Å²) in [7, 11) is 1.76. The maximum absolute atomic E-state index is 13.1. The molecule has 2 fully saturated rings. The Kier molecular flexibility index (Phi) is 7.06. The Morgan fingerprint density at radius 1 is 0.897 bits per heavy atom. The maximum Gasteiger partial charge on any atom is 0.426 e. The molecule has 0 bridgehead atoms. The number of piperidine rings is 1. The van der Waals surface area contributed by atoms with Crippen LogP contribution < -0.4 is 0 Å². The number of imide groups is 1. The number of rotatable bonds is 3. The number of nitrogens with zero attached hydrogens (tertiary/aromatic N) is 3. The zero-order chi connectivity index (χ0) is 20.9. The minimum Gasteiger partial charge on any atom is -0.339 e. The van der Waals surface area contributed by atoms with Gasteiger partial charge in [-0.05, 0) is 49.8 Å². The molecule has 4 amide bonds. The van der Waals surface area contributed by atoms with Crippen LogP contribution in [0.3, 0.4) is 0 Å². The number of hydrogen-bond acceptors (Lipinski definition) is 3. The molecule has 0 saturated carbocycles. The van der Waals surface area contributed by atoms with Gasteiger partial charge in [0, 0.05) is 25.7 Å². The first-order valence-corrected chi connectivity index (χ1v) is 11.0. The Morgan fingerprint density at radius 3 is 2.00 bits per heavy atom. The molecule has 2 heterocycles. The third-order valence-electron chi connectivity index (χ3n) is 6.39. The number of amides is 4. The van der Waals surface area contributed by atoms with E-state index in [1.54, 1.807) is 11.9 Å². The van der Waals surface area contributed by atoms with E-state index in [1.807, 2.05) is 29.2 Å². The molecule has 29 heavy (non-hydrogen) atoms. The molecule has 6 nitrogen and oxygen atoms in total. The lowest BCUT2D eigenvalue weighted by Crippen LogP contribution is -2.62. The molecule has 2 aliphatic heterocycles. The van der Waals surface area contributed by atoms with Crippen LogP contribution in [-0.4, -0.2) is 65.4 Å². The molecule has 6 heteroatoms. The molecule has 0 N–H and O–H groups in total. The van der Waals surface area contributed by atoms with Gasteiger partial charge in [-0.15, -0.1) is 0 Å². The van der Waals surface area contributed by atoms with Crippen LogP contribution in [0.2, 0.25) is 0 Å². The summed E-state index contributed by atoms with van der Waals surface area (Å²) < 4.78 is -0.0674. The van der Waals surface area contributed by atoms with Crippen molar-refractivity contribution >= 4 is 17.8 Å². The van der Waals surface area contributed by atoms with Crippen molar-refractivity contribution in [3.05, 3.63) is 35.4 Å². The lowest BCUT2D eigenvalue weighted by atomic mass is 10.1. The molecule has 1 aromatic rings. The predicted molar refractivity (Wildman–Crippen MR) is 112 cm³/mol. The molecule has 2 saturated heterocycles.